The quantitative estimate of drug-likeness (QED) is 0.0456. The van der Waals surface area contributed by atoms with Crippen molar-refractivity contribution in [2.45, 2.75) is 95.0 Å². The van der Waals surface area contributed by atoms with E-state index in [1.54, 1.807) is 54.7 Å². The van der Waals surface area contributed by atoms with E-state index in [-0.39, 0.29) is 31.4 Å². The van der Waals surface area contributed by atoms with Gasteiger partial charge in [0.25, 0.3) is 0 Å². The van der Waals surface area contributed by atoms with Gasteiger partial charge in [0.2, 0.25) is 41.4 Å². The summed E-state index contributed by atoms with van der Waals surface area (Å²) in [6.07, 6.45) is 2.05. The molecule has 0 spiro atoms. The zero-order valence-electron chi connectivity index (χ0n) is 36.0. The summed E-state index contributed by atoms with van der Waals surface area (Å²) in [4.78, 5) is 110. The molecule has 19 nitrogen and oxygen atoms in total. The van der Waals surface area contributed by atoms with E-state index < -0.39 is 96.5 Å². The first-order valence-electron chi connectivity index (χ1n) is 20.9. The zero-order chi connectivity index (χ0) is 46.9. The monoisotopic (exact) mass is 883 g/mol. The Morgan fingerprint density at radius 3 is 2.03 bits per heavy atom. The third-order valence-electron chi connectivity index (χ3n) is 10.5. The lowest BCUT2D eigenvalue weighted by Gasteiger charge is -2.32. The maximum Gasteiger partial charge on any atom is 0.305 e. The van der Waals surface area contributed by atoms with Crippen LogP contribution in [0.4, 0.5) is 0 Å². The van der Waals surface area contributed by atoms with Gasteiger partial charge in [0.15, 0.2) is 0 Å². The molecule has 0 radical (unpaired) electrons. The number of phenols is 1. The number of aliphatic carboxylic acids is 1. The number of hydrogen-bond donors (Lipinski definition) is 10. The number of fused-ring (bicyclic) bond motifs is 1. The fourth-order valence-corrected chi connectivity index (χ4v) is 6.95. The average molecular weight is 884 g/mol. The zero-order valence-corrected chi connectivity index (χ0v) is 36.0. The second-order valence-electron chi connectivity index (χ2n) is 15.5. The number of carboxylic acid groups (broad SMARTS) is 1. The standard InChI is InChI=1S/C45H57N9O10/c1-4-5-15-37(44(63)53-35(23-39(57)58)43(62)52-34(40(47)59)21-27-11-7-6-8-12-27)54(3)45(64)36(22-29-24-48-33-14-10-9-13-31(29)33)51-38(56)25-49-41(60)26(2)50-42(61)32(46)20-28-16-18-30(55)19-17-28/h6-14,16-19,24,26,32,34-37,48,55H,4-5,15,20-23,25,46H2,1-3H3,(H2,47,59)(H,49,60)(H,50,61)(H,51,56)(H,52,62)(H,53,63)(H,57,58)/t26-,32-,34-,35-,36-,37-/m0/s1. The van der Waals surface area contributed by atoms with E-state index in [9.17, 15) is 48.6 Å². The Bertz CT molecular complexity index is 2270. The lowest BCUT2D eigenvalue weighted by atomic mass is 10.0. The van der Waals surface area contributed by atoms with Crippen LogP contribution in [-0.2, 0) is 57.6 Å². The van der Waals surface area contributed by atoms with Crippen molar-refractivity contribution in [1.29, 1.82) is 0 Å². The Morgan fingerprint density at radius 1 is 0.734 bits per heavy atom. The summed E-state index contributed by atoms with van der Waals surface area (Å²) in [5.74, 6) is -6.89. The number of nitrogens with zero attached hydrogens (tertiary/aromatic N) is 1. The first-order valence-corrected chi connectivity index (χ1v) is 20.9. The largest absolute Gasteiger partial charge is 0.508 e. The Morgan fingerprint density at radius 2 is 1.38 bits per heavy atom. The van der Waals surface area contributed by atoms with Crippen molar-refractivity contribution in [3.05, 3.63) is 102 Å². The fourth-order valence-electron chi connectivity index (χ4n) is 6.95. The number of aromatic nitrogens is 1. The van der Waals surface area contributed by atoms with Crippen LogP contribution in [0.15, 0.2) is 85.1 Å². The topological polar surface area (TPSA) is 308 Å². The number of aromatic hydroxyl groups is 1. The number of carboxylic acids is 1. The maximum atomic E-state index is 14.5. The van der Waals surface area contributed by atoms with Crippen molar-refractivity contribution < 1.29 is 48.6 Å². The first-order chi connectivity index (χ1) is 30.5. The molecule has 6 atom stereocenters. The van der Waals surface area contributed by atoms with Crippen molar-refractivity contribution in [2.24, 2.45) is 11.5 Å². The Hall–Kier alpha value is -7.28. The van der Waals surface area contributed by atoms with Gasteiger partial charge in [-0.15, -0.1) is 0 Å². The van der Waals surface area contributed by atoms with Crippen LogP contribution in [0.1, 0.15) is 56.2 Å². The summed E-state index contributed by atoms with van der Waals surface area (Å²) in [6.45, 7) is 2.67. The number of aromatic amines is 1. The predicted molar refractivity (Wildman–Crippen MR) is 236 cm³/mol. The lowest BCUT2D eigenvalue weighted by molar-refractivity contribution is -0.144. The molecule has 1 heterocycles. The molecule has 12 N–H and O–H groups in total. The number of nitrogens with one attached hydrogen (secondary N) is 6. The molecule has 0 fully saturated rings. The molecule has 0 aliphatic rings. The number of likely N-dealkylation sites (N-methyl/N-ethyl adjacent to an activating group) is 1. The minimum Gasteiger partial charge on any atom is -0.508 e. The highest BCUT2D eigenvalue weighted by atomic mass is 16.4. The van der Waals surface area contributed by atoms with E-state index in [2.05, 4.69) is 31.6 Å². The summed E-state index contributed by atoms with van der Waals surface area (Å²) in [7, 11) is 1.35. The highest BCUT2D eigenvalue weighted by Gasteiger charge is 2.36. The van der Waals surface area contributed by atoms with Gasteiger partial charge in [0.05, 0.1) is 19.0 Å². The van der Waals surface area contributed by atoms with E-state index in [4.69, 9.17) is 11.5 Å². The molecule has 64 heavy (non-hydrogen) atoms. The van der Waals surface area contributed by atoms with Crippen LogP contribution < -0.4 is 38.1 Å². The summed E-state index contributed by atoms with van der Waals surface area (Å²) in [6, 6.07) is 14.5. The fraction of sp³-hybridized carbons (Fsp3) is 0.378. The summed E-state index contributed by atoms with van der Waals surface area (Å²) < 4.78 is 0. The molecule has 3 aromatic carbocycles. The summed E-state index contributed by atoms with van der Waals surface area (Å²) in [5, 5.41) is 32.5. The molecule has 1 aromatic heterocycles. The van der Waals surface area contributed by atoms with Crippen LogP contribution in [0, 0.1) is 0 Å². The number of hydrogen-bond acceptors (Lipinski definition) is 10. The van der Waals surface area contributed by atoms with Crippen molar-refractivity contribution in [2.75, 3.05) is 13.6 Å². The number of carbonyl (C=O) groups excluding carboxylic acids is 7. The molecule has 0 aliphatic carbocycles. The normalized spacial score (nSPS) is 13.8. The van der Waals surface area contributed by atoms with Gasteiger partial charge in [-0.2, -0.15) is 0 Å². The number of primary amides is 1. The van der Waals surface area contributed by atoms with Crippen LogP contribution in [0.25, 0.3) is 10.9 Å². The third-order valence-corrected chi connectivity index (χ3v) is 10.5. The molecule has 4 aromatic rings. The minimum absolute atomic E-state index is 0.00650. The van der Waals surface area contributed by atoms with Gasteiger partial charge >= 0.3 is 5.97 Å². The number of nitrogens with two attached hydrogens (primary N) is 2. The highest BCUT2D eigenvalue weighted by Crippen LogP contribution is 2.21. The number of unbranched alkanes of at least 4 members (excludes halogenated alkanes) is 1. The van der Waals surface area contributed by atoms with Crippen LogP contribution in [0.2, 0.25) is 0 Å². The second-order valence-corrected chi connectivity index (χ2v) is 15.5. The molecule has 19 heteroatoms. The highest BCUT2D eigenvalue weighted by molar-refractivity contribution is 5.98. The van der Waals surface area contributed by atoms with Gasteiger partial charge in [0, 0.05) is 37.0 Å². The van der Waals surface area contributed by atoms with Crippen LogP contribution in [-0.4, -0.2) is 117 Å². The Labute approximate surface area is 370 Å². The first kappa shape index (κ1) is 49.4. The van der Waals surface area contributed by atoms with E-state index >= 15 is 0 Å². The Kier molecular flexibility index (Phi) is 18.4. The molecule has 7 amide bonds. The van der Waals surface area contributed by atoms with Gasteiger partial charge in [0.1, 0.15) is 36.0 Å². The van der Waals surface area contributed by atoms with Gasteiger partial charge < -0.3 is 58.1 Å². The van der Waals surface area contributed by atoms with Gasteiger partial charge in [-0.25, -0.2) is 0 Å². The molecule has 0 saturated heterocycles. The van der Waals surface area contributed by atoms with Crippen molar-refractivity contribution in [3.8, 4) is 5.75 Å². The van der Waals surface area contributed by atoms with Gasteiger partial charge in [-0.3, -0.25) is 38.4 Å². The number of amides is 7. The summed E-state index contributed by atoms with van der Waals surface area (Å²) >= 11 is 0. The average Bonchev–Trinajstić information content (AvgIpc) is 3.67. The van der Waals surface area contributed by atoms with E-state index in [0.29, 0.717) is 29.5 Å². The van der Waals surface area contributed by atoms with Gasteiger partial charge in [-0.1, -0.05) is 80.4 Å². The summed E-state index contributed by atoms with van der Waals surface area (Å²) in [5.41, 5.74) is 14.4. The smallest absolute Gasteiger partial charge is 0.305 e. The van der Waals surface area contributed by atoms with E-state index in [0.717, 1.165) is 15.8 Å². The molecular weight excluding hydrogens is 827 g/mol. The van der Waals surface area contributed by atoms with Crippen molar-refractivity contribution >= 4 is 58.2 Å². The molecule has 0 unspecified atom stereocenters. The molecule has 0 aliphatic heterocycles. The number of phenolic OH excluding ortho intramolecular Hbond substituents is 1. The molecule has 0 saturated carbocycles. The van der Waals surface area contributed by atoms with Crippen LogP contribution >= 0.6 is 0 Å². The number of H-pyrrole nitrogens is 1. The maximum absolute atomic E-state index is 14.5. The Balaban J connectivity index is 1.49. The van der Waals surface area contributed by atoms with Crippen LogP contribution in [0.5, 0.6) is 5.75 Å². The molecule has 342 valence electrons. The SMILES string of the molecule is CCCC[C@@H](C(=O)N[C@@H](CC(=O)O)C(=O)N[C@@H](Cc1ccccc1)C(N)=O)N(C)C(=O)[C@H](Cc1c[nH]c2ccccc12)NC(=O)CNC(=O)[C@H](C)NC(=O)[C@@H](N)Cc1ccc(O)cc1. The van der Waals surface area contributed by atoms with Crippen molar-refractivity contribution in [1.82, 2.24) is 36.5 Å². The van der Waals surface area contributed by atoms with Gasteiger partial charge in [-0.05, 0) is 54.7 Å². The van der Waals surface area contributed by atoms with E-state index in [1.807, 2.05) is 25.1 Å². The minimum atomic E-state index is -1.66. The number of carbonyl (C=O) groups is 8. The van der Waals surface area contributed by atoms with Crippen LogP contribution in [0.3, 0.4) is 0 Å². The lowest BCUT2D eigenvalue weighted by Crippen LogP contribution is -2.59. The molecule has 4 rings (SSSR count). The second kappa shape index (κ2) is 23.8. The number of rotatable bonds is 24. The number of para-hydroxylation sites is 1. The predicted octanol–water partition coefficient (Wildman–Crippen LogP) is 0.281. The van der Waals surface area contributed by atoms with E-state index in [1.165, 1.54) is 26.1 Å². The number of benzene rings is 3. The molecular formula is C45H57N9O10. The van der Waals surface area contributed by atoms with Crippen molar-refractivity contribution in [3.63, 3.8) is 0 Å². The third kappa shape index (κ3) is 14.7. The molecule has 0 bridgehead atoms.